The van der Waals surface area contributed by atoms with Gasteiger partial charge in [-0.05, 0) is 48.4 Å². The molecule has 1 unspecified atom stereocenters. The molecule has 1 aliphatic heterocycles. The number of sulfonamides is 1. The lowest BCUT2D eigenvalue weighted by atomic mass is 10.1. The Kier molecular flexibility index (Phi) is 8.98. The van der Waals surface area contributed by atoms with E-state index in [1.165, 1.54) is 24.1 Å². The Morgan fingerprint density at radius 2 is 1.64 bits per heavy atom. The summed E-state index contributed by atoms with van der Waals surface area (Å²) in [4.78, 5) is 28.1. The highest BCUT2D eigenvalue weighted by Gasteiger charge is 2.34. The van der Waals surface area contributed by atoms with Crippen molar-refractivity contribution < 1.29 is 27.5 Å². The lowest BCUT2D eigenvalue weighted by Crippen LogP contribution is -2.51. The van der Waals surface area contributed by atoms with Gasteiger partial charge in [-0.2, -0.15) is 0 Å². The predicted octanol–water partition coefficient (Wildman–Crippen LogP) is 3.86. The molecular weight excluding hydrogens is 542 g/mol. The van der Waals surface area contributed by atoms with E-state index >= 15 is 0 Å². The maximum Gasteiger partial charge on any atom is 0.264 e. The molecule has 0 aliphatic carbocycles. The molecule has 0 bridgehead atoms. The minimum Gasteiger partial charge on any atom is -0.486 e. The van der Waals surface area contributed by atoms with Gasteiger partial charge >= 0.3 is 0 Å². The van der Waals surface area contributed by atoms with Crippen molar-refractivity contribution in [3.8, 4) is 11.5 Å². The summed E-state index contributed by atoms with van der Waals surface area (Å²) < 4.78 is 40.0. The lowest BCUT2D eigenvalue weighted by molar-refractivity contribution is -0.140. The van der Waals surface area contributed by atoms with Crippen molar-refractivity contribution in [2.24, 2.45) is 0 Å². The van der Waals surface area contributed by atoms with Gasteiger partial charge < -0.3 is 19.7 Å². The Morgan fingerprint density at radius 1 is 0.974 bits per heavy atom. The number of nitrogens with one attached hydrogen (secondary N) is 1. The summed E-state index contributed by atoms with van der Waals surface area (Å²) in [7, 11) is -2.68. The van der Waals surface area contributed by atoms with E-state index in [0.717, 1.165) is 9.87 Å². The Bertz CT molecular complexity index is 1420. The third-order valence-corrected chi connectivity index (χ3v) is 8.36. The van der Waals surface area contributed by atoms with Crippen LogP contribution in [0.25, 0.3) is 0 Å². The molecule has 3 aromatic rings. The Labute approximate surface area is 233 Å². The molecule has 11 heteroatoms. The minimum atomic E-state index is -4.17. The number of anilines is 1. The maximum atomic E-state index is 13.9. The number of hydrogen-bond acceptors (Lipinski definition) is 6. The third kappa shape index (κ3) is 6.46. The molecule has 9 nitrogen and oxygen atoms in total. The van der Waals surface area contributed by atoms with Crippen LogP contribution in [-0.2, 0) is 26.2 Å². The van der Waals surface area contributed by atoms with Crippen molar-refractivity contribution in [3.05, 3.63) is 83.4 Å². The summed E-state index contributed by atoms with van der Waals surface area (Å²) in [5, 5.41) is 3.14. The van der Waals surface area contributed by atoms with Crippen LogP contribution in [0.3, 0.4) is 0 Å². The summed E-state index contributed by atoms with van der Waals surface area (Å²) in [6.07, 6.45) is 0.328. The zero-order valence-electron chi connectivity index (χ0n) is 21.7. The van der Waals surface area contributed by atoms with Crippen LogP contribution < -0.4 is 19.1 Å². The summed E-state index contributed by atoms with van der Waals surface area (Å²) >= 11 is 6.03. The molecule has 206 valence electrons. The van der Waals surface area contributed by atoms with E-state index < -0.39 is 28.5 Å². The van der Waals surface area contributed by atoms with Crippen LogP contribution in [0.4, 0.5) is 5.69 Å². The lowest BCUT2D eigenvalue weighted by Gasteiger charge is -2.33. The summed E-state index contributed by atoms with van der Waals surface area (Å²) in [6.45, 7) is 2.04. The van der Waals surface area contributed by atoms with Gasteiger partial charge in [0.15, 0.2) is 11.5 Å². The second-order valence-electron chi connectivity index (χ2n) is 8.84. The monoisotopic (exact) mass is 571 g/mol. The van der Waals surface area contributed by atoms with Crippen LogP contribution in [0, 0.1) is 0 Å². The molecule has 0 spiro atoms. The van der Waals surface area contributed by atoms with Gasteiger partial charge in [0.1, 0.15) is 25.8 Å². The second-order valence-corrected chi connectivity index (χ2v) is 11.1. The van der Waals surface area contributed by atoms with Gasteiger partial charge in [0.25, 0.3) is 10.0 Å². The number of benzene rings is 3. The van der Waals surface area contributed by atoms with E-state index in [1.807, 2.05) is 0 Å². The number of amides is 2. The average molecular weight is 572 g/mol. The number of nitrogens with zero attached hydrogens (tertiary/aromatic N) is 2. The second kappa shape index (κ2) is 12.4. The van der Waals surface area contributed by atoms with Crippen LogP contribution in [-0.4, -0.2) is 58.0 Å². The largest absolute Gasteiger partial charge is 0.486 e. The molecule has 2 amide bonds. The first-order valence-corrected chi connectivity index (χ1v) is 14.3. The summed E-state index contributed by atoms with van der Waals surface area (Å²) in [5.41, 5.74) is 0.975. The Hall–Kier alpha value is -3.76. The normalized spacial score (nSPS) is 13.3. The molecule has 1 heterocycles. The summed E-state index contributed by atoms with van der Waals surface area (Å²) in [6, 6.07) is 18.7. The smallest absolute Gasteiger partial charge is 0.264 e. The first-order chi connectivity index (χ1) is 18.7. The van der Waals surface area contributed by atoms with Gasteiger partial charge in [-0.15, -0.1) is 0 Å². The number of carbonyl (C=O) groups is 2. The number of likely N-dealkylation sites (N-methyl/N-ethyl adjacent to an activating group) is 1. The zero-order valence-corrected chi connectivity index (χ0v) is 23.2. The molecule has 3 aromatic carbocycles. The van der Waals surface area contributed by atoms with Crippen LogP contribution in [0.15, 0.2) is 77.7 Å². The van der Waals surface area contributed by atoms with Gasteiger partial charge in [0.2, 0.25) is 11.8 Å². The Balaban J connectivity index is 1.75. The maximum absolute atomic E-state index is 13.9. The van der Waals surface area contributed by atoms with E-state index in [0.29, 0.717) is 36.2 Å². The molecule has 1 atom stereocenters. The van der Waals surface area contributed by atoms with Crippen molar-refractivity contribution in [3.63, 3.8) is 0 Å². The van der Waals surface area contributed by atoms with Gasteiger partial charge in [-0.3, -0.25) is 13.9 Å². The molecular formula is C28H30ClN3O6S. The topological polar surface area (TPSA) is 105 Å². The first-order valence-electron chi connectivity index (χ1n) is 12.5. The number of hydrogen-bond donors (Lipinski definition) is 1. The molecule has 0 radical (unpaired) electrons. The molecule has 1 N–H and O–H groups in total. The fraction of sp³-hybridized carbons (Fsp3) is 0.286. The van der Waals surface area contributed by atoms with E-state index in [1.54, 1.807) is 67.6 Å². The van der Waals surface area contributed by atoms with Crippen molar-refractivity contribution in [2.45, 2.75) is 30.8 Å². The highest BCUT2D eigenvalue weighted by Crippen LogP contribution is 2.36. The van der Waals surface area contributed by atoms with E-state index in [-0.39, 0.29) is 23.0 Å². The number of fused-ring (bicyclic) bond motifs is 1. The van der Waals surface area contributed by atoms with Crippen LogP contribution in [0.5, 0.6) is 11.5 Å². The molecule has 39 heavy (non-hydrogen) atoms. The van der Waals surface area contributed by atoms with E-state index in [2.05, 4.69) is 5.32 Å². The van der Waals surface area contributed by atoms with Gasteiger partial charge in [-0.1, -0.05) is 48.9 Å². The molecule has 4 rings (SSSR count). The highest BCUT2D eigenvalue weighted by molar-refractivity contribution is 7.92. The molecule has 0 saturated heterocycles. The van der Waals surface area contributed by atoms with E-state index in [9.17, 15) is 18.0 Å². The first kappa shape index (κ1) is 28.3. The van der Waals surface area contributed by atoms with E-state index in [4.69, 9.17) is 21.1 Å². The van der Waals surface area contributed by atoms with Crippen LogP contribution in [0.1, 0.15) is 18.9 Å². The summed E-state index contributed by atoms with van der Waals surface area (Å²) in [5.74, 6) is -0.0240. The molecule has 0 aromatic heterocycles. The van der Waals surface area contributed by atoms with Crippen LogP contribution >= 0.6 is 11.6 Å². The predicted molar refractivity (Wildman–Crippen MR) is 149 cm³/mol. The quantitative estimate of drug-likeness (QED) is 0.396. The van der Waals surface area contributed by atoms with Gasteiger partial charge in [0.05, 0.1) is 10.6 Å². The Morgan fingerprint density at radius 3 is 2.28 bits per heavy atom. The number of carbonyl (C=O) groups excluding carboxylic acids is 2. The van der Waals surface area contributed by atoms with Crippen molar-refractivity contribution >= 4 is 39.1 Å². The number of ether oxygens (including phenoxy) is 2. The number of halogens is 1. The van der Waals surface area contributed by atoms with Crippen LogP contribution in [0.2, 0.25) is 5.02 Å². The molecule has 0 fully saturated rings. The van der Waals surface area contributed by atoms with Gasteiger partial charge in [-0.25, -0.2) is 8.42 Å². The fourth-order valence-electron chi connectivity index (χ4n) is 4.31. The molecule has 0 saturated carbocycles. The van der Waals surface area contributed by atoms with Crippen molar-refractivity contribution in [1.82, 2.24) is 10.2 Å². The fourth-order valence-corrected chi connectivity index (χ4v) is 5.86. The third-order valence-electron chi connectivity index (χ3n) is 6.32. The van der Waals surface area contributed by atoms with Crippen molar-refractivity contribution in [1.29, 1.82) is 0 Å². The molecule has 1 aliphatic rings. The SMILES string of the molecule is CCC(C(=O)NC)N(Cc1ccc(Cl)cc1)C(=O)CN(c1ccc2c(c1)OCCO2)S(=O)(=O)c1ccccc1. The van der Waals surface area contributed by atoms with Crippen molar-refractivity contribution in [2.75, 3.05) is 31.1 Å². The number of rotatable bonds is 10. The standard InChI is InChI=1S/C28H30ClN3O6S/c1-3-24(28(34)30-2)31(18-20-9-11-21(29)12-10-20)27(33)19-32(39(35,36)23-7-5-4-6-8-23)22-13-14-25-26(17-22)38-16-15-37-25/h4-14,17,24H,3,15-16,18-19H2,1-2H3,(H,30,34). The minimum absolute atomic E-state index is 0.0234. The zero-order chi connectivity index (χ0) is 28.0. The highest BCUT2D eigenvalue weighted by atomic mass is 35.5. The average Bonchev–Trinajstić information content (AvgIpc) is 2.96. The van der Waals surface area contributed by atoms with Gasteiger partial charge in [0, 0.05) is 24.7 Å².